The van der Waals surface area contributed by atoms with Crippen molar-refractivity contribution in [2.24, 2.45) is 5.73 Å². The van der Waals surface area contributed by atoms with Crippen molar-refractivity contribution in [3.8, 4) is 0 Å². The van der Waals surface area contributed by atoms with Gasteiger partial charge < -0.3 is 21.1 Å². The Hall–Kier alpha value is -2.53. The molecule has 2 aliphatic carbocycles. The van der Waals surface area contributed by atoms with Crippen LogP contribution in [0.4, 0.5) is 18.0 Å². The van der Waals surface area contributed by atoms with Crippen LogP contribution in [0.2, 0.25) is 0 Å². The third kappa shape index (κ3) is 4.48. The minimum absolute atomic E-state index is 0.0127. The molecule has 1 fully saturated rings. The number of alkyl halides is 2. The van der Waals surface area contributed by atoms with E-state index in [0.29, 0.717) is 5.69 Å². The van der Waals surface area contributed by atoms with Crippen LogP contribution >= 0.6 is 11.6 Å². The largest absolute Gasteiger partial charge is 0.388 e. The summed E-state index contributed by atoms with van der Waals surface area (Å²) in [6, 6.07) is -1.99. The summed E-state index contributed by atoms with van der Waals surface area (Å²) >= 11 is 5.97. The Morgan fingerprint density at radius 3 is 2.58 bits per heavy atom. The summed E-state index contributed by atoms with van der Waals surface area (Å²) in [6.45, 7) is 3.04. The molecule has 2 heterocycles. The van der Waals surface area contributed by atoms with Crippen LogP contribution in [0.25, 0.3) is 0 Å². The van der Waals surface area contributed by atoms with E-state index in [1.54, 1.807) is 0 Å². The van der Waals surface area contributed by atoms with Gasteiger partial charge in [0.1, 0.15) is 5.83 Å². The number of nitrogens with two attached hydrogens (primary N) is 1. The molecule has 1 aliphatic heterocycles. The van der Waals surface area contributed by atoms with Crippen LogP contribution in [0, 0.1) is 0 Å². The molecular formula is C21H25ClF3N5O3. The van der Waals surface area contributed by atoms with E-state index in [4.69, 9.17) is 17.3 Å². The van der Waals surface area contributed by atoms with E-state index in [9.17, 15) is 27.9 Å². The maximum absolute atomic E-state index is 13.7. The lowest BCUT2D eigenvalue weighted by molar-refractivity contribution is -0.0906. The predicted molar refractivity (Wildman–Crippen MR) is 113 cm³/mol. The van der Waals surface area contributed by atoms with Crippen LogP contribution < -0.4 is 11.1 Å². The summed E-state index contributed by atoms with van der Waals surface area (Å²) in [5, 5.41) is 17.9. The smallest absolute Gasteiger partial charge is 0.318 e. The summed E-state index contributed by atoms with van der Waals surface area (Å²) in [5.74, 6) is -4.68. The number of carbonyl (C=O) groups excluding carboxylic acids is 2. The fourth-order valence-electron chi connectivity index (χ4n) is 4.50. The molecule has 0 aromatic carbocycles. The first-order chi connectivity index (χ1) is 15.3. The van der Waals surface area contributed by atoms with Gasteiger partial charge in [-0.25, -0.2) is 18.0 Å². The Balaban J connectivity index is 1.68. The highest BCUT2D eigenvalue weighted by molar-refractivity contribution is 6.30. The number of primary amides is 1. The molecule has 180 valence electrons. The number of allylic oxidation sites excluding steroid dienone is 4. The van der Waals surface area contributed by atoms with Crippen molar-refractivity contribution < 1.29 is 27.9 Å². The molecule has 1 saturated carbocycles. The standard InChI is InChI=1S/C21H25ClF3N5O3/c1-20(2,33)15-9-29(19(32)27-11-6-21(24,25)7-11)8-14-16(18(26)31)17(28-30(14)15)10-3-4-13(23)12(22)5-10/h3-4,10-11,15,33H,5-9H2,1-2H3,(H2,26,31)(H,27,32). The molecule has 4 rings (SSSR count). The number of nitrogens with one attached hydrogen (secondary N) is 1. The molecule has 3 aliphatic rings. The number of hydrogen-bond acceptors (Lipinski definition) is 4. The fourth-order valence-corrected chi connectivity index (χ4v) is 4.73. The highest BCUT2D eigenvalue weighted by Crippen LogP contribution is 2.40. The number of rotatable bonds is 4. The molecular weight excluding hydrogens is 463 g/mol. The van der Waals surface area contributed by atoms with Crippen LogP contribution in [0.15, 0.2) is 23.0 Å². The lowest BCUT2D eigenvalue weighted by atomic mass is 9.88. The quantitative estimate of drug-likeness (QED) is 0.605. The van der Waals surface area contributed by atoms with Gasteiger partial charge in [0, 0.05) is 31.3 Å². The lowest BCUT2D eigenvalue weighted by Gasteiger charge is -2.41. The minimum Gasteiger partial charge on any atom is -0.388 e. The van der Waals surface area contributed by atoms with Crippen molar-refractivity contribution in [1.82, 2.24) is 20.0 Å². The first kappa shape index (κ1) is 23.6. The Bertz CT molecular complexity index is 1050. The summed E-state index contributed by atoms with van der Waals surface area (Å²) in [5.41, 5.74) is 4.96. The fraction of sp³-hybridized carbons (Fsp3) is 0.571. The number of nitrogens with zero attached hydrogens (tertiary/aromatic N) is 3. The first-order valence-corrected chi connectivity index (χ1v) is 10.9. The number of amides is 3. The number of carbonyl (C=O) groups is 2. The maximum atomic E-state index is 13.7. The van der Waals surface area contributed by atoms with Gasteiger partial charge in [-0.1, -0.05) is 17.7 Å². The molecule has 0 radical (unpaired) electrons. The van der Waals surface area contributed by atoms with Gasteiger partial charge in [-0.05, 0) is 26.3 Å². The van der Waals surface area contributed by atoms with Crippen LogP contribution in [0.3, 0.4) is 0 Å². The van der Waals surface area contributed by atoms with Gasteiger partial charge in [-0.15, -0.1) is 0 Å². The number of aliphatic hydroxyl groups is 1. The number of hydrogen-bond donors (Lipinski definition) is 3. The molecule has 1 aromatic rings. The first-order valence-electron chi connectivity index (χ1n) is 10.6. The Morgan fingerprint density at radius 2 is 2.03 bits per heavy atom. The van der Waals surface area contributed by atoms with E-state index in [1.807, 2.05) is 0 Å². The van der Waals surface area contributed by atoms with Crippen LogP contribution in [0.1, 0.15) is 66.8 Å². The third-order valence-corrected chi connectivity index (χ3v) is 6.65. The molecule has 0 spiro atoms. The van der Waals surface area contributed by atoms with Crippen molar-refractivity contribution in [2.45, 2.75) is 69.2 Å². The van der Waals surface area contributed by atoms with Crippen molar-refractivity contribution in [1.29, 1.82) is 0 Å². The molecule has 3 amide bonds. The van der Waals surface area contributed by atoms with Gasteiger partial charge in [0.15, 0.2) is 0 Å². The molecule has 2 unspecified atom stereocenters. The number of halogens is 4. The van der Waals surface area contributed by atoms with Gasteiger partial charge in [-0.2, -0.15) is 5.10 Å². The van der Waals surface area contributed by atoms with E-state index in [-0.39, 0.29) is 35.8 Å². The van der Waals surface area contributed by atoms with Crippen LogP contribution in [0.5, 0.6) is 0 Å². The highest BCUT2D eigenvalue weighted by Gasteiger charge is 2.47. The molecule has 1 aromatic heterocycles. The second-order valence-corrected chi connectivity index (χ2v) is 9.86. The Labute approximate surface area is 193 Å². The Morgan fingerprint density at radius 1 is 1.36 bits per heavy atom. The molecule has 8 nitrogen and oxygen atoms in total. The van der Waals surface area contributed by atoms with E-state index >= 15 is 0 Å². The van der Waals surface area contributed by atoms with E-state index < -0.39 is 60.1 Å². The van der Waals surface area contributed by atoms with Gasteiger partial charge in [0.25, 0.3) is 11.8 Å². The molecule has 4 N–H and O–H groups in total. The topological polar surface area (TPSA) is 113 Å². The average molecular weight is 488 g/mol. The average Bonchev–Trinajstić information content (AvgIpc) is 3.06. The molecule has 33 heavy (non-hydrogen) atoms. The molecule has 2 atom stereocenters. The predicted octanol–water partition coefficient (Wildman–Crippen LogP) is 3.08. The SMILES string of the molecule is CC(C)(O)C1CN(C(=O)NC2CC(F)(F)C2)Cc2c(C(N)=O)c(C3C=CC(F)=C(Cl)C3)nn21. The van der Waals surface area contributed by atoms with Gasteiger partial charge in [-0.3, -0.25) is 9.48 Å². The zero-order valence-corrected chi connectivity index (χ0v) is 18.9. The second kappa shape index (κ2) is 8.05. The van der Waals surface area contributed by atoms with Gasteiger partial charge in [0.05, 0.1) is 40.2 Å². The number of urea groups is 1. The summed E-state index contributed by atoms with van der Waals surface area (Å²) in [6.07, 6.45) is 1.93. The monoisotopic (exact) mass is 487 g/mol. The Kier molecular flexibility index (Phi) is 5.76. The third-order valence-electron chi connectivity index (χ3n) is 6.32. The van der Waals surface area contributed by atoms with E-state index in [1.165, 1.54) is 35.6 Å². The molecule has 0 bridgehead atoms. The lowest BCUT2D eigenvalue weighted by Crippen LogP contribution is -2.56. The second-order valence-electron chi connectivity index (χ2n) is 9.40. The summed E-state index contributed by atoms with van der Waals surface area (Å²) in [7, 11) is 0. The normalized spacial score (nSPS) is 25.0. The summed E-state index contributed by atoms with van der Waals surface area (Å²) in [4.78, 5) is 26.6. The van der Waals surface area contributed by atoms with Crippen molar-refractivity contribution in [3.63, 3.8) is 0 Å². The van der Waals surface area contributed by atoms with Gasteiger partial charge in [0.2, 0.25) is 0 Å². The van der Waals surface area contributed by atoms with E-state index in [0.717, 1.165) is 0 Å². The van der Waals surface area contributed by atoms with Gasteiger partial charge >= 0.3 is 6.03 Å². The molecule has 12 heteroatoms. The summed E-state index contributed by atoms with van der Waals surface area (Å²) < 4.78 is 41.5. The van der Waals surface area contributed by atoms with E-state index in [2.05, 4.69) is 10.4 Å². The van der Waals surface area contributed by atoms with Crippen molar-refractivity contribution in [3.05, 3.63) is 40.0 Å². The zero-order chi connectivity index (χ0) is 24.3. The van der Waals surface area contributed by atoms with Crippen molar-refractivity contribution >= 4 is 23.5 Å². The minimum atomic E-state index is -2.79. The maximum Gasteiger partial charge on any atom is 0.318 e. The van der Waals surface area contributed by atoms with Crippen molar-refractivity contribution in [2.75, 3.05) is 6.54 Å². The number of fused-ring (bicyclic) bond motifs is 1. The molecule has 0 saturated heterocycles. The zero-order valence-electron chi connectivity index (χ0n) is 18.1. The highest BCUT2D eigenvalue weighted by atomic mass is 35.5. The van der Waals surface area contributed by atoms with Crippen LogP contribution in [-0.4, -0.2) is 55.8 Å². The number of aromatic nitrogens is 2. The van der Waals surface area contributed by atoms with Crippen LogP contribution in [-0.2, 0) is 6.54 Å².